The van der Waals surface area contributed by atoms with Crippen molar-refractivity contribution in [2.75, 3.05) is 0 Å². The number of pyridine rings is 1. The van der Waals surface area contributed by atoms with Crippen LogP contribution >= 0.6 is 27.3 Å². The maximum atomic E-state index is 10.3. The molecule has 2 aromatic heterocycles. The highest BCUT2D eigenvalue weighted by molar-refractivity contribution is 9.11. The largest absolute Gasteiger partial charge is 0.489 e. The van der Waals surface area contributed by atoms with Crippen LogP contribution in [-0.2, 0) is 0 Å². The molecule has 0 radical (unpaired) electrons. The van der Waals surface area contributed by atoms with E-state index < -0.39 is 6.10 Å². The lowest BCUT2D eigenvalue weighted by Gasteiger charge is -2.12. The third kappa shape index (κ3) is 3.31. The number of hydrogen-bond donors (Lipinski definition) is 1. The predicted molar refractivity (Wildman–Crippen MR) is 76.1 cm³/mol. The highest BCUT2D eigenvalue weighted by Crippen LogP contribution is 2.31. The van der Waals surface area contributed by atoms with Gasteiger partial charge in [0.05, 0.1) is 16.1 Å². The van der Waals surface area contributed by atoms with Gasteiger partial charge < -0.3 is 9.84 Å². The minimum Gasteiger partial charge on any atom is -0.489 e. The summed E-state index contributed by atoms with van der Waals surface area (Å²) < 4.78 is 6.57. The molecule has 18 heavy (non-hydrogen) atoms. The van der Waals surface area contributed by atoms with Crippen molar-refractivity contribution in [3.8, 4) is 5.75 Å². The quantitative estimate of drug-likeness (QED) is 0.929. The molecule has 5 heteroatoms. The zero-order valence-corrected chi connectivity index (χ0v) is 12.5. The summed E-state index contributed by atoms with van der Waals surface area (Å²) >= 11 is 4.90. The van der Waals surface area contributed by atoms with Crippen LogP contribution in [0.4, 0.5) is 0 Å². The van der Waals surface area contributed by atoms with E-state index in [1.54, 1.807) is 12.4 Å². The van der Waals surface area contributed by atoms with Crippen LogP contribution < -0.4 is 4.74 Å². The van der Waals surface area contributed by atoms with Gasteiger partial charge >= 0.3 is 0 Å². The van der Waals surface area contributed by atoms with E-state index in [4.69, 9.17) is 4.74 Å². The molecule has 0 bridgehead atoms. The molecule has 0 aliphatic heterocycles. The number of rotatable bonds is 4. The fourth-order valence-corrected chi connectivity index (χ4v) is 3.00. The minimum atomic E-state index is -0.662. The molecule has 2 rings (SSSR count). The van der Waals surface area contributed by atoms with Crippen LogP contribution in [0.2, 0.25) is 0 Å². The van der Waals surface area contributed by atoms with E-state index in [1.807, 2.05) is 32.0 Å². The van der Waals surface area contributed by atoms with Crippen LogP contribution in [0.25, 0.3) is 0 Å². The predicted octanol–water partition coefficient (Wildman–Crippen LogP) is 3.77. The number of thiophene rings is 1. The van der Waals surface area contributed by atoms with Gasteiger partial charge in [-0.15, -0.1) is 11.3 Å². The Morgan fingerprint density at radius 3 is 2.72 bits per heavy atom. The fourth-order valence-electron chi connectivity index (χ4n) is 1.56. The maximum Gasteiger partial charge on any atom is 0.138 e. The standard InChI is InChI=1S/C13H14BrNO2S/c1-8(2)17-10-5-9(6-15-7-10)13(16)11-3-4-12(14)18-11/h3-8,13,16H,1-2H3. The lowest BCUT2D eigenvalue weighted by atomic mass is 10.1. The first-order chi connectivity index (χ1) is 8.56. The number of aromatic nitrogens is 1. The second kappa shape index (κ2) is 5.82. The summed E-state index contributed by atoms with van der Waals surface area (Å²) in [5.74, 6) is 0.678. The zero-order chi connectivity index (χ0) is 13.1. The van der Waals surface area contributed by atoms with Gasteiger partial charge in [0.1, 0.15) is 11.9 Å². The molecular formula is C13H14BrNO2S. The molecule has 2 heterocycles. The smallest absolute Gasteiger partial charge is 0.138 e. The number of ether oxygens (including phenoxy) is 1. The molecule has 96 valence electrons. The van der Waals surface area contributed by atoms with Gasteiger partial charge in [0, 0.05) is 16.6 Å². The van der Waals surface area contributed by atoms with E-state index in [2.05, 4.69) is 20.9 Å². The zero-order valence-electron chi connectivity index (χ0n) is 10.1. The minimum absolute atomic E-state index is 0.0927. The molecule has 1 atom stereocenters. The van der Waals surface area contributed by atoms with Gasteiger partial charge in [0.25, 0.3) is 0 Å². The number of aliphatic hydroxyl groups excluding tert-OH is 1. The Bertz CT molecular complexity index is 527. The van der Waals surface area contributed by atoms with E-state index in [-0.39, 0.29) is 6.10 Å². The van der Waals surface area contributed by atoms with Crippen LogP contribution in [-0.4, -0.2) is 16.2 Å². The molecule has 0 aromatic carbocycles. The molecule has 0 fully saturated rings. The van der Waals surface area contributed by atoms with Crippen molar-refractivity contribution in [3.63, 3.8) is 0 Å². The molecule has 0 aliphatic rings. The fraction of sp³-hybridized carbons (Fsp3) is 0.308. The lowest BCUT2D eigenvalue weighted by molar-refractivity contribution is 0.219. The molecule has 0 amide bonds. The van der Waals surface area contributed by atoms with Gasteiger partial charge in [-0.2, -0.15) is 0 Å². The number of hydrogen-bond acceptors (Lipinski definition) is 4. The molecule has 1 N–H and O–H groups in total. The Labute approximate surface area is 119 Å². The molecule has 0 saturated heterocycles. The second-order valence-corrected chi connectivity index (χ2v) is 6.66. The Morgan fingerprint density at radius 2 is 2.11 bits per heavy atom. The van der Waals surface area contributed by atoms with E-state index in [0.717, 1.165) is 14.2 Å². The van der Waals surface area contributed by atoms with E-state index in [9.17, 15) is 5.11 Å². The summed E-state index contributed by atoms with van der Waals surface area (Å²) in [5, 5.41) is 10.3. The summed E-state index contributed by atoms with van der Waals surface area (Å²) in [6.07, 6.45) is 2.74. The summed E-state index contributed by atoms with van der Waals surface area (Å²) in [6, 6.07) is 5.64. The number of nitrogens with zero attached hydrogens (tertiary/aromatic N) is 1. The summed E-state index contributed by atoms with van der Waals surface area (Å²) in [4.78, 5) is 4.98. The van der Waals surface area contributed by atoms with Crippen molar-refractivity contribution in [3.05, 3.63) is 44.8 Å². The highest BCUT2D eigenvalue weighted by atomic mass is 79.9. The van der Waals surface area contributed by atoms with Gasteiger partial charge in [-0.05, 0) is 48.0 Å². The SMILES string of the molecule is CC(C)Oc1cncc(C(O)c2ccc(Br)s2)c1. The van der Waals surface area contributed by atoms with Crippen LogP contribution in [0.1, 0.15) is 30.4 Å². The number of aliphatic hydroxyl groups is 1. The highest BCUT2D eigenvalue weighted by Gasteiger charge is 2.14. The average Bonchev–Trinajstić information content (AvgIpc) is 2.74. The molecule has 2 aromatic rings. The van der Waals surface area contributed by atoms with Crippen LogP contribution in [0, 0.1) is 0 Å². The van der Waals surface area contributed by atoms with E-state index in [0.29, 0.717) is 5.75 Å². The summed E-state index contributed by atoms with van der Waals surface area (Å²) in [7, 11) is 0. The first kappa shape index (κ1) is 13.5. The molecule has 1 unspecified atom stereocenters. The van der Waals surface area contributed by atoms with Crippen molar-refractivity contribution in [2.45, 2.75) is 26.1 Å². The van der Waals surface area contributed by atoms with E-state index in [1.165, 1.54) is 11.3 Å². The lowest BCUT2D eigenvalue weighted by Crippen LogP contribution is -2.07. The Morgan fingerprint density at radius 1 is 1.33 bits per heavy atom. The third-order valence-electron chi connectivity index (χ3n) is 2.29. The molecule has 0 spiro atoms. The first-order valence-corrected chi connectivity index (χ1v) is 7.22. The van der Waals surface area contributed by atoms with Crippen LogP contribution in [0.3, 0.4) is 0 Å². The van der Waals surface area contributed by atoms with Gasteiger partial charge in [0.2, 0.25) is 0 Å². The van der Waals surface area contributed by atoms with Gasteiger partial charge in [-0.25, -0.2) is 0 Å². The summed E-state index contributed by atoms with van der Waals surface area (Å²) in [5.41, 5.74) is 0.738. The molecular weight excluding hydrogens is 314 g/mol. The average molecular weight is 328 g/mol. The normalized spacial score (nSPS) is 12.7. The Hall–Kier alpha value is -0.910. The second-order valence-electron chi connectivity index (χ2n) is 4.16. The number of halogens is 1. The van der Waals surface area contributed by atoms with Crippen LogP contribution in [0.15, 0.2) is 34.4 Å². The van der Waals surface area contributed by atoms with Crippen molar-refractivity contribution in [1.29, 1.82) is 0 Å². The summed E-state index contributed by atoms with van der Waals surface area (Å²) in [6.45, 7) is 3.92. The van der Waals surface area contributed by atoms with Crippen molar-refractivity contribution < 1.29 is 9.84 Å². The Kier molecular flexibility index (Phi) is 4.37. The van der Waals surface area contributed by atoms with Gasteiger partial charge in [-0.1, -0.05) is 0 Å². The topological polar surface area (TPSA) is 42.4 Å². The van der Waals surface area contributed by atoms with Crippen molar-refractivity contribution in [1.82, 2.24) is 4.98 Å². The molecule has 0 saturated carbocycles. The van der Waals surface area contributed by atoms with E-state index >= 15 is 0 Å². The molecule has 0 aliphatic carbocycles. The molecule has 3 nitrogen and oxygen atoms in total. The monoisotopic (exact) mass is 327 g/mol. The Balaban J connectivity index is 2.22. The van der Waals surface area contributed by atoms with Gasteiger partial charge in [-0.3, -0.25) is 4.98 Å². The third-order valence-corrected chi connectivity index (χ3v) is 3.96. The first-order valence-electron chi connectivity index (χ1n) is 5.61. The maximum absolute atomic E-state index is 10.3. The van der Waals surface area contributed by atoms with Crippen molar-refractivity contribution in [2.24, 2.45) is 0 Å². The van der Waals surface area contributed by atoms with Crippen molar-refractivity contribution >= 4 is 27.3 Å². The van der Waals surface area contributed by atoms with Gasteiger partial charge in [0.15, 0.2) is 0 Å². The van der Waals surface area contributed by atoms with Crippen LogP contribution in [0.5, 0.6) is 5.75 Å².